The van der Waals surface area contributed by atoms with Gasteiger partial charge in [0.2, 0.25) is 0 Å². The molecular formula is C20H13N. The number of nitrogen functional groups attached to an aromatic ring is 1. The standard InChI is InChI=1S/C20H13N/c21-20-18-10-13-6-1-3-7-15(13)17(18)11-14-9-12-5-2-4-8-16(12)19(14)20/h1-11H,21H2. The monoisotopic (exact) mass is 267 g/mol. The van der Waals surface area contributed by atoms with E-state index in [1.165, 1.54) is 42.4 Å². The van der Waals surface area contributed by atoms with Gasteiger partial charge in [0.15, 0.2) is 0 Å². The summed E-state index contributed by atoms with van der Waals surface area (Å²) >= 11 is 0. The maximum absolute atomic E-state index is 6.53. The van der Waals surface area contributed by atoms with Crippen molar-refractivity contribution in [1.29, 1.82) is 0 Å². The van der Waals surface area contributed by atoms with E-state index in [1.54, 1.807) is 0 Å². The van der Waals surface area contributed by atoms with E-state index in [9.17, 15) is 0 Å². The van der Waals surface area contributed by atoms with Crippen LogP contribution < -0.4 is 16.2 Å². The van der Waals surface area contributed by atoms with Crippen LogP contribution in [0.3, 0.4) is 0 Å². The fourth-order valence-corrected chi connectivity index (χ4v) is 3.58. The van der Waals surface area contributed by atoms with Crippen LogP contribution >= 0.6 is 0 Å². The van der Waals surface area contributed by atoms with Crippen molar-refractivity contribution >= 4 is 17.8 Å². The lowest BCUT2D eigenvalue weighted by Crippen LogP contribution is -1.99. The Kier molecular flexibility index (Phi) is 1.90. The van der Waals surface area contributed by atoms with Crippen molar-refractivity contribution in [1.82, 2.24) is 0 Å². The van der Waals surface area contributed by atoms with E-state index in [2.05, 4.69) is 66.7 Å². The maximum atomic E-state index is 6.53. The topological polar surface area (TPSA) is 26.0 Å². The van der Waals surface area contributed by atoms with Gasteiger partial charge in [-0.3, -0.25) is 0 Å². The molecule has 2 N–H and O–H groups in total. The molecule has 0 bridgehead atoms. The molecule has 21 heavy (non-hydrogen) atoms. The molecule has 2 aliphatic carbocycles. The van der Waals surface area contributed by atoms with Gasteiger partial charge < -0.3 is 5.73 Å². The zero-order chi connectivity index (χ0) is 14.0. The Bertz CT molecular complexity index is 1230. The Morgan fingerprint density at radius 1 is 0.667 bits per heavy atom. The fraction of sp³-hybridized carbons (Fsp3) is 0. The Labute approximate surface area is 121 Å². The van der Waals surface area contributed by atoms with Crippen LogP contribution in [0.25, 0.3) is 12.2 Å². The lowest BCUT2D eigenvalue weighted by Gasteiger charge is -2.03. The van der Waals surface area contributed by atoms with Gasteiger partial charge in [-0.25, -0.2) is 0 Å². The van der Waals surface area contributed by atoms with Crippen molar-refractivity contribution in [2.45, 2.75) is 0 Å². The van der Waals surface area contributed by atoms with Crippen LogP contribution in [0, 0.1) is 20.9 Å². The smallest absolute Gasteiger partial charge is 0.0480 e. The number of anilines is 1. The summed E-state index contributed by atoms with van der Waals surface area (Å²) in [6.07, 6.45) is 4.45. The van der Waals surface area contributed by atoms with Crippen molar-refractivity contribution in [2.24, 2.45) is 0 Å². The predicted octanol–water partition coefficient (Wildman–Crippen LogP) is 2.13. The normalized spacial score (nSPS) is 12.8. The van der Waals surface area contributed by atoms with E-state index in [-0.39, 0.29) is 0 Å². The molecule has 0 aliphatic heterocycles. The van der Waals surface area contributed by atoms with Crippen molar-refractivity contribution < 1.29 is 0 Å². The minimum atomic E-state index is 0.903. The second-order valence-electron chi connectivity index (χ2n) is 5.68. The van der Waals surface area contributed by atoms with Crippen LogP contribution in [0.1, 0.15) is 11.1 Å². The molecule has 0 heterocycles. The van der Waals surface area contributed by atoms with Gasteiger partial charge in [0.05, 0.1) is 0 Å². The lowest BCUT2D eigenvalue weighted by atomic mass is 10.0. The summed E-state index contributed by atoms with van der Waals surface area (Å²) in [4.78, 5) is 0. The van der Waals surface area contributed by atoms with Crippen molar-refractivity contribution in [3.05, 3.63) is 97.0 Å². The lowest BCUT2D eigenvalue weighted by molar-refractivity contribution is 1.43. The third kappa shape index (κ3) is 1.30. The van der Waals surface area contributed by atoms with E-state index in [0.29, 0.717) is 0 Å². The molecule has 5 rings (SSSR count). The van der Waals surface area contributed by atoms with E-state index >= 15 is 0 Å². The number of hydrogen-bond donors (Lipinski definition) is 1. The first-order valence-corrected chi connectivity index (χ1v) is 7.18. The van der Waals surface area contributed by atoms with Crippen LogP contribution in [0.2, 0.25) is 0 Å². The molecule has 0 amide bonds. The van der Waals surface area contributed by atoms with Crippen LogP contribution in [0.4, 0.5) is 5.69 Å². The van der Waals surface area contributed by atoms with Gasteiger partial charge in [-0.2, -0.15) is 0 Å². The summed E-state index contributed by atoms with van der Waals surface area (Å²) in [6.45, 7) is 0. The number of rotatable bonds is 0. The van der Waals surface area contributed by atoms with E-state index in [0.717, 1.165) is 5.69 Å². The third-order valence-corrected chi connectivity index (χ3v) is 4.53. The summed E-state index contributed by atoms with van der Waals surface area (Å²) in [5.74, 6) is 0. The Morgan fingerprint density at radius 2 is 1.33 bits per heavy atom. The van der Waals surface area contributed by atoms with E-state index in [4.69, 9.17) is 5.73 Å². The fourth-order valence-electron chi connectivity index (χ4n) is 3.58. The molecule has 0 aromatic heterocycles. The molecule has 98 valence electrons. The first-order chi connectivity index (χ1) is 10.3. The Hall–Kier alpha value is -2.80. The molecule has 0 spiro atoms. The number of nitrogens with two attached hydrogens (primary N) is 1. The molecule has 0 fully saturated rings. The van der Waals surface area contributed by atoms with Crippen LogP contribution in [0.15, 0.2) is 54.6 Å². The first kappa shape index (κ1) is 10.9. The van der Waals surface area contributed by atoms with Crippen LogP contribution in [0.5, 0.6) is 0 Å². The van der Waals surface area contributed by atoms with Gasteiger partial charge in [-0.15, -0.1) is 0 Å². The molecule has 0 radical (unpaired) electrons. The molecule has 0 atom stereocenters. The van der Waals surface area contributed by atoms with Crippen molar-refractivity contribution in [3.8, 4) is 0 Å². The van der Waals surface area contributed by atoms with Crippen LogP contribution in [-0.4, -0.2) is 0 Å². The molecule has 3 aromatic rings. The highest BCUT2D eigenvalue weighted by Gasteiger charge is 2.12. The van der Waals surface area contributed by atoms with Gasteiger partial charge in [0.25, 0.3) is 0 Å². The largest absolute Gasteiger partial charge is 0.398 e. The predicted molar refractivity (Wildman–Crippen MR) is 85.5 cm³/mol. The average molecular weight is 267 g/mol. The minimum absolute atomic E-state index is 0.903. The number of benzene rings is 3. The van der Waals surface area contributed by atoms with Gasteiger partial charge in [-0.1, -0.05) is 48.5 Å². The Balaban J connectivity index is 2.12. The van der Waals surface area contributed by atoms with Crippen LogP contribution in [-0.2, 0) is 0 Å². The maximum Gasteiger partial charge on any atom is 0.0480 e. The summed E-state index contributed by atoms with van der Waals surface area (Å²) in [7, 11) is 0. The highest BCUT2D eigenvalue weighted by molar-refractivity contribution is 5.74. The Morgan fingerprint density at radius 3 is 2.14 bits per heavy atom. The molecule has 1 nitrogen and oxygen atoms in total. The number of hydrogen-bond acceptors (Lipinski definition) is 1. The highest BCUT2D eigenvalue weighted by Crippen LogP contribution is 2.25. The van der Waals surface area contributed by atoms with Crippen molar-refractivity contribution in [3.63, 3.8) is 0 Å². The van der Waals surface area contributed by atoms with Crippen molar-refractivity contribution in [2.75, 3.05) is 5.73 Å². The molecular weight excluding hydrogens is 254 g/mol. The minimum Gasteiger partial charge on any atom is -0.398 e. The second-order valence-corrected chi connectivity index (χ2v) is 5.68. The second kappa shape index (κ2) is 3.64. The number of fused-ring (bicyclic) bond motifs is 4. The van der Waals surface area contributed by atoms with Gasteiger partial charge >= 0.3 is 0 Å². The molecule has 0 unspecified atom stereocenters. The molecule has 0 saturated heterocycles. The zero-order valence-corrected chi connectivity index (χ0v) is 11.4. The van der Waals surface area contributed by atoms with E-state index < -0.39 is 0 Å². The van der Waals surface area contributed by atoms with Gasteiger partial charge in [0.1, 0.15) is 0 Å². The summed E-state index contributed by atoms with van der Waals surface area (Å²) in [5, 5.41) is 7.50. The molecule has 0 saturated carbocycles. The zero-order valence-electron chi connectivity index (χ0n) is 11.4. The molecule has 2 aliphatic rings. The highest BCUT2D eigenvalue weighted by atomic mass is 14.6. The SMILES string of the molecule is Nc1c2c(cc3c1=c1ccccc1=C3)=c1ccccc1=C2. The van der Waals surface area contributed by atoms with E-state index in [1.807, 2.05) is 0 Å². The van der Waals surface area contributed by atoms with Gasteiger partial charge in [-0.05, 0) is 49.9 Å². The summed E-state index contributed by atoms with van der Waals surface area (Å²) in [5.41, 5.74) is 9.83. The third-order valence-electron chi connectivity index (χ3n) is 4.53. The summed E-state index contributed by atoms with van der Waals surface area (Å²) in [6, 6.07) is 19.2. The quantitative estimate of drug-likeness (QED) is 0.427. The van der Waals surface area contributed by atoms with Gasteiger partial charge in [0, 0.05) is 16.5 Å². The molecule has 1 heteroatoms. The summed E-state index contributed by atoms with van der Waals surface area (Å²) < 4.78 is 0. The molecule has 3 aromatic carbocycles. The first-order valence-electron chi connectivity index (χ1n) is 7.18. The average Bonchev–Trinajstić information content (AvgIpc) is 3.06.